The van der Waals surface area contributed by atoms with Crippen LogP contribution < -0.4 is 14.8 Å². The van der Waals surface area contributed by atoms with Gasteiger partial charge in [0.2, 0.25) is 0 Å². The first kappa shape index (κ1) is 18.3. The Labute approximate surface area is 137 Å². The van der Waals surface area contributed by atoms with E-state index in [2.05, 4.69) is 28.2 Å². The zero-order valence-electron chi connectivity index (χ0n) is 13.5. The number of methoxy groups -OCH3 is 1. The van der Waals surface area contributed by atoms with Gasteiger partial charge in [0.05, 0.1) is 13.7 Å². The summed E-state index contributed by atoms with van der Waals surface area (Å²) in [6, 6.07) is 3.95. The summed E-state index contributed by atoms with van der Waals surface area (Å²) in [6.07, 6.45) is 6.51. The highest BCUT2D eigenvalue weighted by molar-refractivity contribution is 9.10. The lowest BCUT2D eigenvalue weighted by Gasteiger charge is -2.16. The first-order valence-corrected chi connectivity index (χ1v) is 8.72. The maximum absolute atomic E-state index is 5.75. The van der Waals surface area contributed by atoms with E-state index >= 15 is 0 Å². The van der Waals surface area contributed by atoms with Crippen molar-refractivity contribution in [1.29, 1.82) is 0 Å². The minimum absolute atomic E-state index is 0.636. The van der Waals surface area contributed by atoms with Gasteiger partial charge in [0.15, 0.2) is 11.5 Å². The molecule has 0 unspecified atom stereocenters. The predicted octanol–water partition coefficient (Wildman–Crippen LogP) is 4.92. The van der Waals surface area contributed by atoms with E-state index in [1.165, 1.54) is 32.1 Å². The number of hydrogen-bond acceptors (Lipinski definition) is 3. The molecule has 1 rings (SSSR count). The third-order valence-electron chi connectivity index (χ3n) is 3.43. The molecule has 0 aromatic heterocycles. The summed E-state index contributed by atoms with van der Waals surface area (Å²) in [7, 11) is 1.68. The van der Waals surface area contributed by atoms with E-state index in [9.17, 15) is 0 Å². The number of unbranched alkanes of at least 4 members (excludes halogenated alkanes) is 4. The summed E-state index contributed by atoms with van der Waals surface area (Å²) in [4.78, 5) is 0. The highest BCUT2D eigenvalue weighted by Gasteiger charge is 2.13. The molecule has 0 bridgehead atoms. The van der Waals surface area contributed by atoms with Crippen LogP contribution in [0.15, 0.2) is 16.6 Å². The fourth-order valence-corrected chi connectivity index (χ4v) is 2.73. The van der Waals surface area contributed by atoms with Gasteiger partial charge in [0.25, 0.3) is 0 Å². The van der Waals surface area contributed by atoms with E-state index in [1.807, 2.05) is 19.1 Å². The largest absolute Gasteiger partial charge is 0.493 e. The fourth-order valence-electron chi connectivity index (χ4n) is 2.28. The Morgan fingerprint density at radius 1 is 1.10 bits per heavy atom. The van der Waals surface area contributed by atoms with Crippen LogP contribution in [0.25, 0.3) is 0 Å². The van der Waals surface area contributed by atoms with Gasteiger partial charge in [-0.3, -0.25) is 0 Å². The van der Waals surface area contributed by atoms with Crippen LogP contribution >= 0.6 is 15.9 Å². The van der Waals surface area contributed by atoms with Gasteiger partial charge >= 0.3 is 0 Å². The van der Waals surface area contributed by atoms with Crippen LogP contribution in [0.4, 0.5) is 0 Å². The van der Waals surface area contributed by atoms with E-state index in [1.54, 1.807) is 7.11 Å². The van der Waals surface area contributed by atoms with Crippen molar-refractivity contribution in [2.75, 3.05) is 20.3 Å². The maximum atomic E-state index is 5.75. The van der Waals surface area contributed by atoms with Crippen LogP contribution in [0.1, 0.15) is 51.5 Å². The molecule has 0 amide bonds. The van der Waals surface area contributed by atoms with Crippen molar-refractivity contribution in [3.63, 3.8) is 0 Å². The average molecular weight is 358 g/mol. The second-order valence-corrected chi connectivity index (χ2v) is 5.94. The molecule has 0 aliphatic rings. The molecule has 0 heterocycles. The van der Waals surface area contributed by atoms with Gasteiger partial charge in [-0.25, -0.2) is 0 Å². The summed E-state index contributed by atoms with van der Waals surface area (Å²) in [6.45, 7) is 6.70. The molecule has 3 nitrogen and oxygen atoms in total. The number of ether oxygens (including phenoxy) is 2. The van der Waals surface area contributed by atoms with Crippen molar-refractivity contribution >= 4 is 15.9 Å². The topological polar surface area (TPSA) is 30.5 Å². The Morgan fingerprint density at radius 2 is 1.86 bits per heavy atom. The molecule has 1 N–H and O–H groups in total. The van der Waals surface area contributed by atoms with Crippen molar-refractivity contribution in [1.82, 2.24) is 5.32 Å². The Hall–Kier alpha value is -0.740. The molecule has 1 aromatic carbocycles. The lowest BCUT2D eigenvalue weighted by atomic mass is 10.1. The van der Waals surface area contributed by atoms with Gasteiger partial charge in [-0.2, -0.15) is 0 Å². The molecule has 1 aromatic rings. The van der Waals surface area contributed by atoms with E-state index < -0.39 is 0 Å². The molecule has 120 valence electrons. The molecule has 0 aliphatic heterocycles. The SMILES string of the molecule is CCCCCCCNCc1c(Br)ccc(OC)c1OCC. The quantitative estimate of drug-likeness (QED) is 0.570. The van der Waals surface area contributed by atoms with Crippen molar-refractivity contribution in [2.45, 2.75) is 52.5 Å². The Bertz CT molecular complexity index is 410. The third-order valence-corrected chi connectivity index (χ3v) is 4.18. The smallest absolute Gasteiger partial charge is 0.166 e. The van der Waals surface area contributed by atoms with E-state index in [0.717, 1.165) is 34.6 Å². The average Bonchev–Trinajstić information content (AvgIpc) is 2.49. The second kappa shape index (κ2) is 10.9. The number of halogens is 1. The van der Waals surface area contributed by atoms with Crippen LogP contribution in [-0.4, -0.2) is 20.3 Å². The van der Waals surface area contributed by atoms with Gasteiger partial charge < -0.3 is 14.8 Å². The van der Waals surface area contributed by atoms with Gasteiger partial charge in [-0.1, -0.05) is 48.5 Å². The molecule has 0 spiro atoms. The highest BCUT2D eigenvalue weighted by atomic mass is 79.9. The first-order valence-electron chi connectivity index (χ1n) is 7.93. The van der Waals surface area contributed by atoms with E-state index in [-0.39, 0.29) is 0 Å². The number of hydrogen-bond donors (Lipinski definition) is 1. The predicted molar refractivity (Wildman–Crippen MR) is 92.3 cm³/mol. The zero-order chi connectivity index (χ0) is 15.5. The standard InChI is InChI=1S/C17H28BrNO2/c1-4-6-7-8-9-12-19-13-14-15(18)10-11-16(20-3)17(14)21-5-2/h10-11,19H,4-9,12-13H2,1-3H3. The summed E-state index contributed by atoms with van der Waals surface area (Å²) in [5.41, 5.74) is 1.13. The Balaban J connectivity index is 2.53. The monoisotopic (exact) mass is 357 g/mol. The Morgan fingerprint density at radius 3 is 2.52 bits per heavy atom. The molecule has 0 fully saturated rings. The molecule has 0 aliphatic carbocycles. The number of rotatable bonds is 11. The van der Waals surface area contributed by atoms with Gasteiger partial charge in [0.1, 0.15) is 0 Å². The molecular weight excluding hydrogens is 330 g/mol. The number of benzene rings is 1. The molecule has 4 heteroatoms. The first-order chi connectivity index (χ1) is 10.2. The van der Waals surface area contributed by atoms with Crippen LogP contribution in [0.3, 0.4) is 0 Å². The summed E-state index contributed by atoms with van der Waals surface area (Å²) >= 11 is 3.61. The van der Waals surface area contributed by atoms with Crippen LogP contribution in [-0.2, 0) is 6.54 Å². The van der Waals surface area contributed by atoms with E-state index in [0.29, 0.717) is 6.61 Å². The summed E-state index contributed by atoms with van der Waals surface area (Å²) in [5, 5.41) is 3.50. The fraction of sp³-hybridized carbons (Fsp3) is 0.647. The minimum atomic E-state index is 0.636. The van der Waals surface area contributed by atoms with Crippen molar-refractivity contribution in [3.8, 4) is 11.5 Å². The lowest BCUT2D eigenvalue weighted by molar-refractivity contribution is 0.306. The van der Waals surface area contributed by atoms with Gasteiger partial charge in [0, 0.05) is 16.6 Å². The Kier molecular flexibility index (Phi) is 9.51. The molecule has 0 radical (unpaired) electrons. The summed E-state index contributed by atoms with van der Waals surface area (Å²) < 4.78 is 12.2. The van der Waals surface area contributed by atoms with Gasteiger partial charge in [-0.15, -0.1) is 0 Å². The third kappa shape index (κ3) is 6.27. The molecule has 0 atom stereocenters. The minimum Gasteiger partial charge on any atom is -0.493 e. The van der Waals surface area contributed by atoms with Gasteiger partial charge in [-0.05, 0) is 32.0 Å². The van der Waals surface area contributed by atoms with Crippen molar-refractivity contribution in [2.24, 2.45) is 0 Å². The van der Waals surface area contributed by atoms with Crippen molar-refractivity contribution in [3.05, 3.63) is 22.2 Å². The molecule has 0 saturated carbocycles. The summed E-state index contributed by atoms with van der Waals surface area (Å²) in [5.74, 6) is 1.63. The number of nitrogens with one attached hydrogen (secondary N) is 1. The zero-order valence-corrected chi connectivity index (χ0v) is 15.1. The van der Waals surface area contributed by atoms with Crippen LogP contribution in [0.2, 0.25) is 0 Å². The molecule has 0 saturated heterocycles. The van der Waals surface area contributed by atoms with Crippen LogP contribution in [0, 0.1) is 0 Å². The van der Waals surface area contributed by atoms with Crippen molar-refractivity contribution < 1.29 is 9.47 Å². The molecular formula is C17H28BrNO2. The van der Waals surface area contributed by atoms with E-state index in [4.69, 9.17) is 9.47 Å². The maximum Gasteiger partial charge on any atom is 0.166 e. The normalized spacial score (nSPS) is 10.7. The second-order valence-electron chi connectivity index (χ2n) is 5.08. The molecule has 21 heavy (non-hydrogen) atoms. The van der Waals surface area contributed by atoms with Crippen LogP contribution in [0.5, 0.6) is 11.5 Å². The lowest BCUT2D eigenvalue weighted by Crippen LogP contribution is -2.16. The highest BCUT2D eigenvalue weighted by Crippen LogP contribution is 2.36.